The lowest BCUT2D eigenvalue weighted by Gasteiger charge is -2.25. The van der Waals surface area contributed by atoms with E-state index in [1.54, 1.807) is 0 Å². The van der Waals surface area contributed by atoms with Crippen molar-refractivity contribution in [3.8, 4) is 0 Å². The van der Waals surface area contributed by atoms with Gasteiger partial charge in [0, 0.05) is 17.8 Å². The van der Waals surface area contributed by atoms with Gasteiger partial charge in [0.1, 0.15) is 0 Å². The first-order valence-corrected chi connectivity index (χ1v) is 5.14. The molecule has 0 radical (unpaired) electrons. The predicted octanol–water partition coefficient (Wildman–Crippen LogP) is 1.92. The van der Waals surface area contributed by atoms with Crippen molar-refractivity contribution in [1.29, 1.82) is 0 Å². The maximum Gasteiger partial charge on any atom is 0.223 e. The average Bonchev–Trinajstić information content (AvgIpc) is 1.82. The maximum atomic E-state index is 11.4. The summed E-state index contributed by atoms with van der Waals surface area (Å²) in [6.45, 7) is 2.00. The van der Waals surface area contributed by atoms with E-state index in [2.05, 4.69) is 5.32 Å². The van der Waals surface area contributed by atoms with E-state index < -0.39 is 0 Å². The zero-order chi connectivity index (χ0) is 8.97. The molecule has 1 saturated carbocycles. The normalized spacial score (nSPS) is 19.8. The predicted molar refractivity (Wildman–Crippen MR) is 50.3 cm³/mol. The van der Waals surface area contributed by atoms with Crippen molar-refractivity contribution in [2.24, 2.45) is 5.92 Å². The first-order chi connectivity index (χ1) is 5.74. The number of rotatable bonds is 4. The molecule has 1 fully saturated rings. The number of carbonyl (C=O) groups excluding carboxylic acids is 1. The van der Waals surface area contributed by atoms with Crippen LogP contribution < -0.4 is 5.32 Å². The van der Waals surface area contributed by atoms with Gasteiger partial charge in [-0.3, -0.25) is 4.79 Å². The van der Waals surface area contributed by atoms with Crippen molar-refractivity contribution >= 4 is 17.5 Å². The highest BCUT2D eigenvalue weighted by Gasteiger charge is 2.25. The van der Waals surface area contributed by atoms with Crippen LogP contribution in [0.15, 0.2) is 0 Å². The molecule has 70 valence electrons. The van der Waals surface area contributed by atoms with Crippen LogP contribution in [0.1, 0.15) is 32.6 Å². The van der Waals surface area contributed by atoms with Gasteiger partial charge in [0.25, 0.3) is 0 Å². The number of hydrogen-bond donors (Lipinski definition) is 1. The van der Waals surface area contributed by atoms with Gasteiger partial charge < -0.3 is 5.32 Å². The molecule has 12 heavy (non-hydrogen) atoms. The van der Waals surface area contributed by atoms with Gasteiger partial charge >= 0.3 is 0 Å². The third-order valence-corrected chi connectivity index (χ3v) is 2.62. The molecule has 0 aromatic carbocycles. The van der Waals surface area contributed by atoms with Gasteiger partial charge in [-0.2, -0.15) is 0 Å². The Labute approximate surface area is 78.7 Å². The van der Waals surface area contributed by atoms with Gasteiger partial charge in [0.2, 0.25) is 5.91 Å². The summed E-state index contributed by atoms with van der Waals surface area (Å²) in [4.78, 5) is 11.4. The second-order valence-electron chi connectivity index (χ2n) is 3.52. The molecule has 0 saturated heterocycles. The van der Waals surface area contributed by atoms with Crippen molar-refractivity contribution in [1.82, 2.24) is 5.32 Å². The fraction of sp³-hybridized carbons (Fsp3) is 0.889. The summed E-state index contributed by atoms with van der Waals surface area (Å²) in [7, 11) is 0. The molecule has 1 amide bonds. The molecule has 3 heteroatoms. The standard InChI is InChI=1S/C9H16ClNO/c1-7(5-6-10)11-9(12)8-3-2-4-8/h7-8H,2-6H2,1H3,(H,11,12). The zero-order valence-electron chi connectivity index (χ0n) is 7.48. The van der Waals surface area contributed by atoms with Crippen LogP contribution >= 0.6 is 11.6 Å². The van der Waals surface area contributed by atoms with Crippen LogP contribution in [0.5, 0.6) is 0 Å². The van der Waals surface area contributed by atoms with Gasteiger partial charge in [0.15, 0.2) is 0 Å². The summed E-state index contributed by atoms with van der Waals surface area (Å²) < 4.78 is 0. The van der Waals surface area contributed by atoms with E-state index in [9.17, 15) is 4.79 Å². The Morgan fingerprint density at radius 1 is 1.67 bits per heavy atom. The lowest BCUT2D eigenvalue weighted by Crippen LogP contribution is -2.39. The lowest BCUT2D eigenvalue weighted by molar-refractivity contribution is -0.128. The highest BCUT2D eigenvalue weighted by atomic mass is 35.5. The Kier molecular flexibility index (Phi) is 3.86. The maximum absolute atomic E-state index is 11.4. The SMILES string of the molecule is CC(CCCl)NC(=O)C1CCC1. The summed E-state index contributed by atoms with van der Waals surface area (Å²) in [6, 6.07) is 0.232. The van der Waals surface area contributed by atoms with Crippen molar-refractivity contribution < 1.29 is 4.79 Å². The number of alkyl halides is 1. The Bertz CT molecular complexity index is 157. The van der Waals surface area contributed by atoms with E-state index in [1.165, 1.54) is 6.42 Å². The second-order valence-corrected chi connectivity index (χ2v) is 3.89. The average molecular weight is 190 g/mol. The van der Waals surface area contributed by atoms with Crippen molar-refractivity contribution in [3.05, 3.63) is 0 Å². The number of carbonyl (C=O) groups is 1. The first-order valence-electron chi connectivity index (χ1n) is 4.60. The van der Waals surface area contributed by atoms with Crippen LogP contribution in [0.2, 0.25) is 0 Å². The highest BCUT2D eigenvalue weighted by Crippen LogP contribution is 2.26. The molecule has 0 aromatic rings. The molecule has 0 spiro atoms. The van der Waals surface area contributed by atoms with Crippen LogP contribution in [0.25, 0.3) is 0 Å². The molecule has 0 heterocycles. The van der Waals surface area contributed by atoms with Crippen molar-refractivity contribution in [3.63, 3.8) is 0 Å². The van der Waals surface area contributed by atoms with Gasteiger partial charge in [-0.25, -0.2) is 0 Å². The lowest BCUT2D eigenvalue weighted by atomic mass is 9.84. The minimum absolute atomic E-state index is 0.221. The first kappa shape index (κ1) is 9.85. The molecular weight excluding hydrogens is 174 g/mol. The molecule has 1 aliphatic rings. The molecule has 0 aromatic heterocycles. The Hall–Kier alpha value is -0.240. The topological polar surface area (TPSA) is 29.1 Å². The van der Waals surface area contributed by atoms with E-state index >= 15 is 0 Å². The summed E-state index contributed by atoms with van der Waals surface area (Å²) in [6.07, 6.45) is 4.21. The van der Waals surface area contributed by atoms with Gasteiger partial charge in [-0.15, -0.1) is 11.6 Å². The highest BCUT2D eigenvalue weighted by molar-refractivity contribution is 6.17. The van der Waals surface area contributed by atoms with Crippen molar-refractivity contribution in [2.75, 3.05) is 5.88 Å². The van der Waals surface area contributed by atoms with Crippen LogP contribution in [-0.2, 0) is 4.79 Å². The van der Waals surface area contributed by atoms with Crippen molar-refractivity contribution in [2.45, 2.75) is 38.6 Å². The number of halogens is 1. The van der Waals surface area contributed by atoms with E-state index in [1.807, 2.05) is 6.92 Å². The summed E-state index contributed by atoms with van der Waals surface area (Å²) in [5.74, 6) is 1.13. The molecule has 0 bridgehead atoms. The minimum atomic E-state index is 0.221. The van der Waals surface area contributed by atoms with Crippen LogP contribution in [-0.4, -0.2) is 17.8 Å². The van der Waals surface area contributed by atoms with E-state index in [-0.39, 0.29) is 11.9 Å². The molecule has 1 N–H and O–H groups in total. The zero-order valence-corrected chi connectivity index (χ0v) is 8.23. The summed E-state index contributed by atoms with van der Waals surface area (Å²) in [5, 5.41) is 2.96. The summed E-state index contributed by atoms with van der Waals surface area (Å²) >= 11 is 5.56. The third-order valence-electron chi connectivity index (χ3n) is 2.41. The van der Waals surface area contributed by atoms with Gasteiger partial charge in [-0.1, -0.05) is 6.42 Å². The van der Waals surface area contributed by atoms with Crippen LogP contribution in [0.4, 0.5) is 0 Å². The second kappa shape index (κ2) is 4.70. The molecule has 1 rings (SSSR count). The number of amides is 1. The van der Waals surface area contributed by atoms with E-state index in [0.29, 0.717) is 11.8 Å². The fourth-order valence-corrected chi connectivity index (χ4v) is 1.59. The minimum Gasteiger partial charge on any atom is -0.353 e. The van der Waals surface area contributed by atoms with E-state index in [0.717, 1.165) is 19.3 Å². The van der Waals surface area contributed by atoms with Gasteiger partial charge in [-0.05, 0) is 26.2 Å². The molecular formula is C9H16ClNO. The number of hydrogen-bond acceptors (Lipinski definition) is 1. The Balaban J connectivity index is 2.15. The smallest absolute Gasteiger partial charge is 0.223 e. The fourth-order valence-electron chi connectivity index (χ4n) is 1.27. The third kappa shape index (κ3) is 2.67. The Morgan fingerprint density at radius 3 is 2.75 bits per heavy atom. The number of nitrogens with one attached hydrogen (secondary N) is 1. The van der Waals surface area contributed by atoms with Crippen LogP contribution in [0, 0.1) is 5.92 Å². The quantitative estimate of drug-likeness (QED) is 0.673. The Morgan fingerprint density at radius 2 is 2.33 bits per heavy atom. The summed E-state index contributed by atoms with van der Waals surface area (Å²) in [5.41, 5.74) is 0. The van der Waals surface area contributed by atoms with E-state index in [4.69, 9.17) is 11.6 Å². The molecule has 1 aliphatic carbocycles. The molecule has 2 nitrogen and oxygen atoms in total. The van der Waals surface area contributed by atoms with Crippen LogP contribution in [0.3, 0.4) is 0 Å². The molecule has 1 atom stereocenters. The molecule has 0 aliphatic heterocycles. The largest absolute Gasteiger partial charge is 0.353 e. The molecule has 1 unspecified atom stereocenters. The monoisotopic (exact) mass is 189 g/mol. The van der Waals surface area contributed by atoms with Gasteiger partial charge in [0.05, 0.1) is 0 Å².